The first kappa shape index (κ1) is 9.21. The zero-order valence-electron chi connectivity index (χ0n) is 6.92. The summed E-state index contributed by atoms with van der Waals surface area (Å²) in [6.07, 6.45) is 1.68. The van der Waals surface area contributed by atoms with Gasteiger partial charge in [0.05, 0.1) is 5.71 Å². The van der Waals surface area contributed by atoms with Crippen molar-refractivity contribution >= 4 is 5.71 Å². The SMILES string of the molecule is C=CCON=C(C)C(C)C. The topological polar surface area (TPSA) is 21.6 Å². The largest absolute Gasteiger partial charge is 0.392 e. The summed E-state index contributed by atoms with van der Waals surface area (Å²) in [7, 11) is 0. The molecule has 0 spiro atoms. The molecule has 0 radical (unpaired) electrons. The lowest BCUT2D eigenvalue weighted by Crippen LogP contribution is -2.02. The average molecular weight is 141 g/mol. The first-order valence-corrected chi connectivity index (χ1v) is 3.45. The van der Waals surface area contributed by atoms with Gasteiger partial charge >= 0.3 is 0 Å². The molecule has 0 saturated carbocycles. The van der Waals surface area contributed by atoms with Gasteiger partial charge in [-0.1, -0.05) is 31.7 Å². The van der Waals surface area contributed by atoms with Crippen molar-refractivity contribution in [2.75, 3.05) is 6.61 Å². The molecule has 0 aromatic rings. The minimum absolute atomic E-state index is 0.463. The van der Waals surface area contributed by atoms with Crippen molar-refractivity contribution in [3.63, 3.8) is 0 Å². The Kier molecular flexibility index (Phi) is 4.63. The Morgan fingerprint density at radius 1 is 1.70 bits per heavy atom. The van der Waals surface area contributed by atoms with Gasteiger partial charge in [0.1, 0.15) is 6.61 Å². The van der Waals surface area contributed by atoms with E-state index in [0.717, 1.165) is 5.71 Å². The Bertz CT molecular complexity index is 127. The highest BCUT2D eigenvalue weighted by atomic mass is 16.6. The van der Waals surface area contributed by atoms with Gasteiger partial charge < -0.3 is 4.84 Å². The molecule has 0 saturated heterocycles. The van der Waals surface area contributed by atoms with Crippen molar-refractivity contribution in [1.82, 2.24) is 0 Å². The summed E-state index contributed by atoms with van der Waals surface area (Å²) in [5, 5.41) is 3.86. The number of hydrogen-bond acceptors (Lipinski definition) is 2. The molecule has 0 aromatic heterocycles. The van der Waals surface area contributed by atoms with Gasteiger partial charge in [-0.25, -0.2) is 0 Å². The summed E-state index contributed by atoms with van der Waals surface area (Å²) in [6, 6.07) is 0. The zero-order chi connectivity index (χ0) is 7.98. The van der Waals surface area contributed by atoms with Crippen LogP contribution in [0.4, 0.5) is 0 Å². The quantitative estimate of drug-likeness (QED) is 0.254. The van der Waals surface area contributed by atoms with Gasteiger partial charge in [0.25, 0.3) is 0 Å². The Hall–Kier alpha value is -0.790. The molecule has 0 aliphatic carbocycles. The molecule has 0 aliphatic heterocycles. The Morgan fingerprint density at radius 2 is 2.30 bits per heavy atom. The van der Waals surface area contributed by atoms with Crippen molar-refractivity contribution in [3.8, 4) is 0 Å². The summed E-state index contributed by atoms with van der Waals surface area (Å²) in [6.45, 7) is 10.1. The average Bonchev–Trinajstić information content (AvgIpc) is 1.88. The van der Waals surface area contributed by atoms with E-state index >= 15 is 0 Å². The second-order valence-corrected chi connectivity index (χ2v) is 2.47. The highest BCUT2D eigenvalue weighted by molar-refractivity contribution is 5.83. The van der Waals surface area contributed by atoms with Crippen molar-refractivity contribution in [1.29, 1.82) is 0 Å². The molecule has 0 fully saturated rings. The van der Waals surface area contributed by atoms with Crippen molar-refractivity contribution in [3.05, 3.63) is 12.7 Å². The van der Waals surface area contributed by atoms with E-state index in [9.17, 15) is 0 Å². The summed E-state index contributed by atoms with van der Waals surface area (Å²) in [5.41, 5.74) is 1.02. The third-order valence-corrected chi connectivity index (χ3v) is 1.24. The molecule has 2 heteroatoms. The van der Waals surface area contributed by atoms with Crippen LogP contribution in [0.2, 0.25) is 0 Å². The van der Waals surface area contributed by atoms with Gasteiger partial charge in [0.2, 0.25) is 0 Å². The zero-order valence-corrected chi connectivity index (χ0v) is 6.92. The highest BCUT2D eigenvalue weighted by Gasteiger charge is 1.96. The van der Waals surface area contributed by atoms with Crippen LogP contribution in [0.3, 0.4) is 0 Å². The van der Waals surface area contributed by atoms with E-state index < -0.39 is 0 Å². The highest BCUT2D eigenvalue weighted by Crippen LogP contribution is 1.95. The summed E-state index contributed by atoms with van der Waals surface area (Å²) >= 11 is 0. The van der Waals surface area contributed by atoms with E-state index in [2.05, 4.69) is 25.6 Å². The maximum atomic E-state index is 4.88. The van der Waals surface area contributed by atoms with Crippen LogP contribution in [-0.2, 0) is 4.84 Å². The summed E-state index contributed by atoms with van der Waals surface area (Å²) < 4.78 is 0. The number of oxime groups is 1. The van der Waals surface area contributed by atoms with Crippen LogP contribution in [0.1, 0.15) is 20.8 Å². The summed E-state index contributed by atoms with van der Waals surface area (Å²) in [4.78, 5) is 4.88. The third kappa shape index (κ3) is 4.13. The number of hydrogen-bond donors (Lipinski definition) is 0. The number of rotatable bonds is 4. The second kappa shape index (κ2) is 5.03. The Labute approximate surface area is 62.6 Å². The molecule has 0 atom stereocenters. The van der Waals surface area contributed by atoms with Gasteiger partial charge in [-0.3, -0.25) is 0 Å². The van der Waals surface area contributed by atoms with Crippen molar-refractivity contribution in [2.45, 2.75) is 20.8 Å². The smallest absolute Gasteiger partial charge is 0.135 e. The molecule has 0 aromatic carbocycles. The first-order valence-electron chi connectivity index (χ1n) is 3.45. The van der Waals surface area contributed by atoms with E-state index in [1.54, 1.807) is 6.08 Å². The van der Waals surface area contributed by atoms with E-state index in [-0.39, 0.29) is 0 Å². The predicted octanol–water partition coefficient (Wildman–Crippen LogP) is 2.22. The molecular formula is C8H15NO. The second-order valence-electron chi connectivity index (χ2n) is 2.47. The third-order valence-electron chi connectivity index (χ3n) is 1.24. The molecule has 0 bridgehead atoms. The molecule has 0 unspecified atom stereocenters. The predicted molar refractivity (Wildman–Crippen MR) is 44.1 cm³/mol. The fraction of sp³-hybridized carbons (Fsp3) is 0.625. The maximum Gasteiger partial charge on any atom is 0.135 e. The lowest BCUT2D eigenvalue weighted by atomic mass is 10.1. The van der Waals surface area contributed by atoms with Crippen LogP contribution in [0.5, 0.6) is 0 Å². The van der Waals surface area contributed by atoms with Crippen molar-refractivity contribution < 1.29 is 4.84 Å². The first-order chi connectivity index (χ1) is 4.68. The molecular weight excluding hydrogens is 126 g/mol. The van der Waals surface area contributed by atoms with Crippen molar-refractivity contribution in [2.24, 2.45) is 11.1 Å². The van der Waals surface area contributed by atoms with Crippen LogP contribution in [0.15, 0.2) is 17.8 Å². The standard InChI is InChI=1S/C8H15NO/c1-5-6-10-9-8(4)7(2)3/h5,7H,1,6H2,2-4H3. The lowest BCUT2D eigenvalue weighted by Gasteiger charge is -2.01. The van der Waals surface area contributed by atoms with Crippen LogP contribution in [0.25, 0.3) is 0 Å². The molecule has 10 heavy (non-hydrogen) atoms. The fourth-order valence-electron chi connectivity index (χ4n) is 0.297. The van der Waals surface area contributed by atoms with E-state index in [0.29, 0.717) is 12.5 Å². The van der Waals surface area contributed by atoms with Gasteiger partial charge in [-0.05, 0) is 12.8 Å². The molecule has 0 amide bonds. The van der Waals surface area contributed by atoms with Gasteiger partial charge in [0, 0.05) is 0 Å². The monoisotopic (exact) mass is 141 g/mol. The molecule has 0 aliphatic rings. The molecule has 0 rings (SSSR count). The van der Waals surface area contributed by atoms with Crippen LogP contribution < -0.4 is 0 Å². The molecule has 0 N–H and O–H groups in total. The molecule has 58 valence electrons. The summed E-state index contributed by atoms with van der Waals surface area (Å²) in [5.74, 6) is 0.463. The van der Waals surface area contributed by atoms with Gasteiger partial charge in [0.15, 0.2) is 0 Å². The minimum Gasteiger partial charge on any atom is -0.392 e. The van der Waals surface area contributed by atoms with Gasteiger partial charge in [-0.2, -0.15) is 0 Å². The number of nitrogens with zero attached hydrogens (tertiary/aromatic N) is 1. The Morgan fingerprint density at radius 3 is 2.70 bits per heavy atom. The fourth-order valence-corrected chi connectivity index (χ4v) is 0.297. The van der Waals surface area contributed by atoms with E-state index in [1.165, 1.54) is 0 Å². The normalized spacial score (nSPS) is 11.8. The van der Waals surface area contributed by atoms with Gasteiger partial charge in [-0.15, -0.1) is 0 Å². The van der Waals surface area contributed by atoms with Crippen LogP contribution in [0, 0.1) is 5.92 Å². The van der Waals surface area contributed by atoms with Crippen LogP contribution in [-0.4, -0.2) is 12.3 Å². The van der Waals surface area contributed by atoms with E-state index in [4.69, 9.17) is 4.84 Å². The molecule has 2 nitrogen and oxygen atoms in total. The maximum absolute atomic E-state index is 4.88. The lowest BCUT2D eigenvalue weighted by molar-refractivity contribution is 0.173. The van der Waals surface area contributed by atoms with E-state index in [1.807, 2.05) is 6.92 Å². The van der Waals surface area contributed by atoms with Crippen LogP contribution >= 0.6 is 0 Å². The Balaban J connectivity index is 3.57. The molecule has 0 heterocycles. The minimum atomic E-state index is 0.463.